The van der Waals surface area contributed by atoms with Crippen LogP contribution in [0.15, 0.2) is 109 Å². The molecule has 1 fully saturated rings. The number of allylic oxidation sites excluding steroid dienone is 17. The van der Waals surface area contributed by atoms with E-state index in [2.05, 4.69) is 111 Å². The van der Waals surface area contributed by atoms with Gasteiger partial charge >= 0.3 is 13.8 Å². The van der Waals surface area contributed by atoms with Gasteiger partial charge in [-0.25, -0.2) is 4.57 Å². The first kappa shape index (κ1) is 55.0. The predicted molar refractivity (Wildman–Crippen MR) is 239 cm³/mol. The number of aliphatic hydroxyl groups is 5. The van der Waals surface area contributed by atoms with Crippen LogP contribution in [0.4, 0.5) is 0 Å². The lowest BCUT2D eigenvalue weighted by molar-refractivity contribution is -0.220. The monoisotopic (exact) mass is 862 g/mol. The first-order valence-electron chi connectivity index (χ1n) is 21.7. The molecule has 13 heteroatoms. The Morgan fingerprint density at radius 3 is 1.40 bits per heavy atom. The molecular formula is C47H75O12P. The van der Waals surface area contributed by atoms with Gasteiger partial charge < -0.3 is 39.9 Å². The Morgan fingerprint density at radius 1 is 0.533 bits per heavy atom. The summed E-state index contributed by atoms with van der Waals surface area (Å²) >= 11 is 0. The third-order valence-electron chi connectivity index (χ3n) is 9.16. The second-order valence-electron chi connectivity index (χ2n) is 14.4. The highest BCUT2D eigenvalue weighted by atomic mass is 31.2. The van der Waals surface area contributed by atoms with Gasteiger partial charge in [-0.05, 0) is 83.5 Å². The third kappa shape index (κ3) is 28.5. The SMILES string of the molecule is CC/C=C\C/C=C\C/C=C\C/C=C\C/C=C\CCOCC(COP(=O)(O)OC1C(O)C(O)C(O)C(O)C1O)OC(=O)CCCCCC/C=C\C/C=C\C/C=C\C/C=C\CC. The molecule has 0 bridgehead atoms. The van der Waals surface area contributed by atoms with E-state index in [0.29, 0.717) is 12.8 Å². The topological polar surface area (TPSA) is 192 Å². The van der Waals surface area contributed by atoms with Gasteiger partial charge in [-0.15, -0.1) is 0 Å². The molecule has 6 N–H and O–H groups in total. The van der Waals surface area contributed by atoms with Crippen LogP contribution in [0.1, 0.15) is 117 Å². The van der Waals surface area contributed by atoms with Crippen molar-refractivity contribution >= 4 is 13.8 Å². The highest BCUT2D eigenvalue weighted by Crippen LogP contribution is 2.47. The lowest BCUT2D eigenvalue weighted by Gasteiger charge is -2.41. The Balaban J connectivity index is 2.51. The van der Waals surface area contributed by atoms with Gasteiger partial charge in [0.2, 0.25) is 0 Å². The fraction of sp³-hybridized carbons (Fsp3) is 0.596. The van der Waals surface area contributed by atoms with Crippen molar-refractivity contribution in [1.29, 1.82) is 0 Å². The van der Waals surface area contributed by atoms with Gasteiger partial charge in [0.05, 0.1) is 19.8 Å². The molecule has 1 aliphatic rings. The van der Waals surface area contributed by atoms with Gasteiger partial charge in [0, 0.05) is 6.42 Å². The summed E-state index contributed by atoms with van der Waals surface area (Å²) in [6, 6.07) is 0. The van der Waals surface area contributed by atoms with Gasteiger partial charge in [-0.2, -0.15) is 0 Å². The molecule has 0 heterocycles. The average molecular weight is 863 g/mol. The van der Waals surface area contributed by atoms with E-state index in [9.17, 15) is 39.8 Å². The summed E-state index contributed by atoms with van der Waals surface area (Å²) in [4.78, 5) is 23.1. The molecule has 0 aromatic heterocycles. The molecule has 1 aliphatic carbocycles. The number of phosphoric acid groups is 1. The van der Waals surface area contributed by atoms with E-state index in [4.69, 9.17) is 18.5 Å². The summed E-state index contributed by atoms with van der Waals surface area (Å²) < 4.78 is 34.0. The van der Waals surface area contributed by atoms with Crippen LogP contribution in [-0.2, 0) is 27.9 Å². The zero-order valence-corrected chi connectivity index (χ0v) is 36.8. The first-order valence-corrected chi connectivity index (χ1v) is 23.2. The van der Waals surface area contributed by atoms with E-state index < -0.39 is 63.1 Å². The summed E-state index contributed by atoms with van der Waals surface area (Å²) in [6.07, 6.45) is 38.9. The second kappa shape index (κ2) is 36.6. The lowest BCUT2D eigenvalue weighted by Crippen LogP contribution is -2.64. The number of rotatable bonds is 34. The van der Waals surface area contributed by atoms with Crippen molar-refractivity contribution in [2.24, 2.45) is 0 Å². The minimum Gasteiger partial charge on any atom is -0.457 e. The fourth-order valence-corrected chi connectivity index (χ4v) is 6.73. The van der Waals surface area contributed by atoms with Crippen LogP contribution in [0.3, 0.4) is 0 Å². The van der Waals surface area contributed by atoms with E-state index >= 15 is 0 Å². The van der Waals surface area contributed by atoms with Gasteiger partial charge in [-0.3, -0.25) is 13.8 Å². The highest BCUT2D eigenvalue weighted by molar-refractivity contribution is 7.47. The summed E-state index contributed by atoms with van der Waals surface area (Å²) in [5.41, 5.74) is 0. The van der Waals surface area contributed by atoms with Crippen molar-refractivity contribution in [3.63, 3.8) is 0 Å². The van der Waals surface area contributed by atoms with E-state index in [1.165, 1.54) is 0 Å². The largest absolute Gasteiger partial charge is 0.472 e. The predicted octanol–water partition coefficient (Wildman–Crippen LogP) is 8.52. The Morgan fingerprint density at radius 2 is 0.933 bits per heavy atom. The molecule has 340 valence electrons. The molecule has 0 saturated heterocycles. The number of hydrogen-bond acceptors (Lipinski definition) is 11. The smallest absolute Gasteiger partial charge is 0.457 e. The van der Waals surface area contributed by atoms with Crippen LogP contribution in [0, 0.1) is 0 Å². The number of aliphatic hydroxyl groups excluding tert-OH is 5. The number of carbonyl (C=O) groups excluding carboxylic acids is 1. The summed E-state index contributed by atoms with van der Waals surface area (Å²) in [6.45, 7) is 3.76. The minimum atomic E-state index is -5.05. The van der Waals surface area contributed by atoms with Crippen LogP contribution < -0.4 is 0 Å². The molecule has 0 aliphatic heterocycles. The molecule has 1 saturated carbocycles. The van der Waals surface area contributed by atoms with Gasteiger partial charge in [0.15, 0.2) is 0 Å². The number of carbonyl (C=O) groups is 1. The number of esters is 1. The minimum absolute atomic E-state index is 0.131. The van der Waals surface area contributed by atoms with Crippen LogP contribution in [-0.4, -0.2) is 98.9 Å². The molecule has 0 amide bonds. The zero-order valence-electron chi connectivity index (χ0n) is 35.9. The van der Waals surface area contributed by atoms with E-state index in [1.54, 1.807) is 0 Å². The lowest BCUT2D eigenvalue weighted by atomic mass is 9.85. The maximum Gasteiger partial charge on any atom is 0.472 e. The fourth-order valence-electron chi connectivity index (χ4n) is 5.76. The number of hydrogen-bond donors (Lipinski definition) is 6. The van der Waals surface area contributed by atoms with Crippen molar-refractivity contribution < 1.29 is 58.3 Å². The first-order chi connectivity index (χ1) is 29.0. The quantitative estimate of drug-likeness (QED) is 0.0157. The Bertz CT molecular complexity index is 1400. The van der Waals surface area contributed by atoms with Crippen LogP contribution in [0.25, 0.3) is 0 Å². The molecule has 12 nitrogen and oxygen atoms in total. The Hall–Kier alpha value is -3.00. The van der Waals surface area contributed by atoms with Crippen molar-refractivity contribution in [1.82, 2.24) is 0 Å². The Labute approximate surface area is 359 Å². The standard InChI is InChI=1S/C47H75O12P/c1-3-5-7-9-11-13-15-17-19-21-22-24-26-28-30-32-34-36-41(48)58-40(39-57-60(54,55)59-47-45(52)43(50)42(49)44(51)46(47)53)38-56-37-35-33-31-29-27-25-23-20-18-16-14-12-10-8-6-4-2/h5-8,11-14,17-20,22,24-25,27,31,33,40,42-47,49-53H,3-4,9-10,15-16,21,23,26,28-30,32,34-39H2,1-2H3,(H,54,55)/b7-5-,8-6-,13-11-,14-12-,19-17-,20-18-,24-22-,27-25-,33-31-. The van der Waals surface area contributed by atoms with E-state index in [0.717, 1.165) is 83.5 Å². The molecule has 0 aromatic rings. The van der Waals surface area contributed by atoms with Gasteiger partial charge in [0.1, 0.15) is 42.7 Å². The molecule has 1 rings (SSSR count). The van der Waals surface area contributed by atoms with Crippen LogP contribution in [0.5, 0.6) is 0 Å². The molecule has 6 atom stereocenters. The molecule has 6 unspecified atom stereocenters. The van der Waals surface area contributed by atoms with Gasteiger partial charge in [-0.1, -0.05) is 136 Å². The number of unbranched alkanes of at least 4 members (excludes halogenated alkanes) is 4. The summed E-state index contributed by atoms with van der Waals surface area (Å²) in [7, 11) is -5.05. The van der Waals surface area contributed by atoms with Crippen molar-refractivity contribution in [3.8, 4) is 0 Å². The molecular weight excluding hydrogens is 787 g/mol. The van der Waals surface area contributed by atoms with Crippen LogP contribution in [0.2, 0.25) is 0 Å². The van der Waals surface area contributed by atoms with Crippen molar-refractivity contribution in [2.75, 3.05) is 19.8 Å². The van der Waals surface area contributed by atoms with Gasteiger partial charge in [0.25, 0.3) is 0 Å². The van der Waals surface area contributed by atoms with Crippen LogP contribution >= 0.6 is 7.82 Å². The maximum atomic E-state index is 12.8. The highest BCUT2D eigenvalue weighted by Gasteiger charge is 2.51. The Kier molecular flexibility index (Phi) is 33.6. The van der Waals surface area contributed by atoms with Crippen molar-refractivity contribution in [2.45, 2.75) is 159 Å². The summed E-state index contributed by atoms with van der Waals surface area (Å²) in [5.74, 6) is -0.531. The number of ether oxygens (including phenoxy) is 2. The third-order valence-corrected chi connectivity index (χ3v) is 10.1. The zero-order chi connectivity index (χ0) is 44.1. The van der Waals surface area contributed by atoms with E-state index in [1.807, 2.05) is 12.2 Å². The molecule has 0 aromatic carbocycles. The average Bonchev–Trinajstić information content (AvgIpc) is 3.23. The normalized spacial score (nSPS) is 23.4. The van der Waals surface area contributed by atoms with Crippen molar-refractivity contribution in [3.05, 3.63) is 109 Å². The molecule has 60 heavy (non-hydrogen) atoms. The number of phosphoric ester groups is 1. The molecule has 0 radical (unpaired) electrons. The second-order valence-corrected chi connectivity index (χ2v) is 15.8. The van der Waals surface area contributed by atoms with E-state index in [-0.39, 0.29) is 19.6 Å². The maximum absolute atomic E-state index is 12.8. The molecule has 0 spiro atoms. The summed E-state index contributed by atoms with van der Waals surface area (Å²) in [5, 5.41) is 50.1.